The average molecular weight is 296 g/mol. The van der Waals surface area contributed by atoms with Gasteiger partial charge in [0.1, 0.15) is 6.61 Å². The van der Waals surface area contributed by atoms with Crippen LogP contribution in [-0.4, -0.2) is 5.97 Å². The topological polar surface area (TPSA) is 52.3 Å². The molecule has 1 aromatic carbocycles. The normalized spacial score (nSPS) is 10.4. The quantitative estimate of drug-likeness (QED) is 0.687. The van der Waals surface area contributed by atoms with E-state index in [1.807, 2.05) is 12.1 Å². The van der Waals surface area contributed by atoms with Gasteiger partial charge in [0.2, 0.25) is 0 Å². The minimum Gasteiger partial charge on any atom is -0.456 e. The third kappa shape index (κ3) is 3.49. The molecular weight excluding hydrogens is 282 g/mol. The van der Waals surface area contributed by atoms with Crippen LogP contribution < -0.4 is 5.73 Å². The van der Waals surface area contributed by atoms with Gasteiger partial charge in [0.25, 0.3) is 0 Å². The number of rotatable bonds is 4. The van der Waals surface area contributed by atoms with E-state index in [9.17, 15) is 4.79 Å². The van der Waals surface area contributed by atoms with Crippen molar-refractivity contribution in [1.82, 2.24) is 0 Å². The lowest BCUT2D eigenvalue weighted by Crippen LogP contribution is -2.05. The van der Waals surface area contributed by atoms with Gasteiger partial charge in [-0.25, -0.2) is 4.79 Å². The number of hydrogen-bond donors (Lipinski definition) is 1. The zero-order valence-corrected chi connectivity index (χ0v) is 12.1. The van der Waals surface area contributed by atoms with Gasteiger partial charge in [-0.1, -0.05) is 18.5 Å². The van der Waals surface area contributed by atoms with Gasteiger partial charge in [-0.3, -0.25) is 0 Å². The number of nitrogen functional groups attached to an aromatic ring is 1. The first kappa shape index (κ1) is 13.9. The molecule has 0 unspecified atom stereocenters. The van der Waals surface area contributed by atoms with Crippen LogP contribution >= 0.6 is 22.9 Å². The Labute approximate surface area is 121 Å². The highest BCUT2D eigenvalue weighted by atomic mass is 35.5. The van der Waals surface area contributed by atoms with Crippen LogP contribution in [0.2, 0.25) is 5.02 Å². The number of benzene rings is 1. The van der Waals surface area contributed by atoms with Crippen LogP contribution in [-0.2, 0) is 17.8 Å². The molecule has 0 spiro atoms. The second-order valence-corrected chi connectivity index (χ2v) is 5.70. The number of thiophene rings is 1. The van der Waals surface area contributed by atoms with E-state index in [0.29, 0.717) is 16.3 Å². The zero-order chi connectivity index (χ0) is 13.8. The maximum absolute atomic E-state index is 11.9. The van der Waals surface area contributed by atoms with Gasteiger partial charge >= 0.3 is 5.97 Å². The van der Waals surface area contributed by atoms with Crippen molar-refractivity contribution >= 4 is 34.6 Å². The van der Waals surface area contributed by atoms with E-state index in [1.54, 1.807) is 29.5 Å². The van der Waals surface area contributed by atoms with E-state index >= 15 is 0 Å². The summed E-state index contributed by atoms with van der Waals surface area (Å²) in [6.45, 7) is 2.36. The molecule has 100 valence electrons. The fourth-order valence-corrected chi connectivity index (χ4v) is 2.74. The van der Waals surface area contributed by atoms with E-state index in [4.69, 9.17) is 22.1 Å². The summed E-state index contributed by atoms with van der Waals surface area (Å²) in [5.74, 6) is -0.434. The van der Waals surface area contributed by atoms with Crippen LogP contribution in [0.1, 0.15) is 27.0 Å². The number of halogens is 1. The summed E-state index contributed by atoms with van der Waals surface area (Å²) in [4.78, 5) is 14.2. The van der Waals surface area contributed by atoms with Crippen LogP contribution in [0.3, 0.4) is 0 Å². The average Bonchev–Trinajstić information content (AvgIpc) is 2.84. The van der Waals surface area contributed by atoms with Crippen molar-refractivity contribution in [1.29, 1.82) is 0 Å². The van der Waals surface area contributed by atoms with Gasteiger partial charge in [0, 0.05) is 15.4 Å². The summed E-state index contributed by atoms with van der Waals surface area (Å²) in [6, 6.07) is 8.76. The molecule has 0 saturated heterocycles. The predicted molar refractivity (Wildman–Crippen MR) is 78.7 cm³/mol. The van der Waals surface area contributed by atoms with E-state index in [1.165, 1.54) is 4.88 Å². The van der Waals surface area contributed by atoms with Gasteiger partial charge < -0.3 is 10.5 Å². The first-order chi connectivity index (χ1) is 9.10. The van der Waals surface area contributed by atoms with Gasteiger partial charge in [-0.05, 0) is 36.8 Å². The van der Waals surface area contributed by atoms with Crippen LogP contribution in [0.5, 0.6) is 0 Å². The molecule has 2 aromatic rings. The second-order valence-electron chi connectivity index (χ2n) is 4.04. The lowest BCUT2D eigenvalue weighted by Gasteiger charge is -2.05. The highest BCUT2D eigenvalue weighted by Gasteiger charge is 2.12. The maximum atomic E-state index is 11.9. The summed E-state index contributed by atoms with van der Waals surface area (Å²) < 4.78 is 5.24. The van der Waals surface area contributed by atoms with Crippen molar-refractivity contribution in [3.63, 3.8) is 0 Å². The third-order valence-electron chi connectivity index (χ3n) is 2.62. The summed E-state index contributed by atoms with van der Waals surface area (Å²) >= 11 is 7.60. The molecule has 19 heavy (non-hydrogen) atoms. The summed E-state index contributed by atoms with van der Waals surface area (Å²) in [5, 5.41) is 0.311. The molecule has 5 heteroatoms. The summed E-state index contributed by atoms with van der Waals surface area (Å²) in [7, 11) is 0. The SMILES string of the molecule is CCc1ccc(COC(=O)c2ccc(N)cc2Cl)s1. The van der Waals surface area contributed by atoms with Crippen molar-refractivity contribution in [3.05, 3.63) is 50.7 Å². The first-order valence-corrected chi connectivity index (χ1v) is 7.09. The number of carbonyl (C=O) groups is 1. The molecule has 1 heterocycles. The third-order valence-corrected chi connectivity index (χ3v) is 4.14. The van der Waals surface area contributed by atoms with E-state index < -0.39 is 5.97 Å². The minimum atomic E-state index is -0.434. The van der Waals surface area contributed by atoms with Crippen LogP contribution in [0.4, 0.5) is 5.69 Å². The molecule has 2 N–H and O–H groups in total. The largest absolute Gasteiger partial charge is 0.456 e. The molecule has 0 atom stereocenters. The van der Waals surface area contributed by atoms with Gasteiger partial charge in [-0.15, -0.1) is 11.3 Å². The van der Waals surface area contributed by atoms with Crippen molar-refractivity contribution in [2.24, 2.45) is 0 Å². The summed E-state index contributed by atoms with van der Waals surface area (Å²) in [5.41, 5.74) is 6.43. The lowest BCUT2D eigenvalue weighted by molar-refractivity contribution is 0.0477. The predicted octanol–water partition coefficient (Wildman–Crippen LogP) is 3.90. The smallest absolute Gasteiger partial charge is 0.340 e. The molecule has 0 fully saturated rings. The van der Waals surface area contributed by atoms with Crippen LogP contribution in [0, 0.1) is 0 Å². The Balaban J connectivity index is 2.01. The van der Waals surface area contributed by atoms with Gasteiger partial charge in [0.15, 0.2) is 0 Å². The van der Waals surface area contributed by atoms with Crippen LogP contribution in [0.25, 0.3) is 0 Å². The molecule has 0 bridgehead atoms. The van der Waals surface area contributed by atoms with Crippen molar-refractivity contribution < 1.29 is 9.53 Å². The number of anilines is 1. The maximum Gasteiger partial charge on any atom is 0.340 e. The molecule has 0 aliphatic carbocycles. The molecule has 1 aromatic heterocycles. The zero-order valence-electron chi connectivity index (χ0n) is 10.5. The van der Waals surface area contributed by atoms with Crippen molar-refractivity contribution in [3.8, 4) is 0 Å². The Morgan fingerprint density at radius 2 is 2.05 bits per heavy atom. The Kier molecular flexibility index (Phi) is 4.45. The summed E-state index contributed by atoms with van der Waals surface area (Å²) in [6.07, 6.45) is 0.988. The van der Waals surface area contributed by atoms with E-state index in [0.717, 1.165) is 11.3 Å². The molecule has 0 saturated carbocycles. The first-order valence-electron chi connectivity index (χ1n) is 5.90. The highest BCUT2D eigenvalue weighted by Crippen LogP contribution is 2.22. The molecule has 0 aliphatic heterocycles. The fraction of sp³-hybridized carbons (Fsp3) is 0.214. The number of carbonyl (C=O) groups excluding carboxylic acids is 1. The molecule has 0 amide bonds. The van der Waals surface area contributed by atoms with Gasteiger partial charge in [0.05, 0.1) is 10.6 Å². The molecular formula is C14H14ClNO2S. The monoisotopic (exact) mass is 295 g/mol. The number of aryl methyl sites for hydroxylation is 1. The van der Waals surface area contributed by atoms with Crippen LogP contribution in [0.15, 0.2) is 30.3 Å². The highest BCUT2D eigenvalue weighted by molar-refractivity contribution is 7.11. The molecule has 0 radical (unpaired) electrons. The van der Waals surface area contributed by atoms with Crippen molar-refractivity contribution in [2.75, 3.05) is 5.73 Å². The number of esters is 1. The second kappa shape index (κ2) is 6.08. The Bertz CT molecular complexity index is 595. The number of ether oxygens (including phenoxy) is 1. The number of hydrogen-bond acceptors (Lipinski definition) is 4. The molecule has 3 nitrogen and oxygen atoms in total. The minimum absolute atomic E-state index is 0.268. The van der Waals surface area contributed by atoms with Crippen molar-refractivity contribution in [2.45, 2.75) is 20.0 Å². The lowest BCUT2D eigenvalue weighted by atomic mass is 10.2. The van der Waals surface area contributed by atoms with Gasteiger partial charge in [-0.2, -0.15) is 0 Å². The Hall–Kier alpha value is -1.52. The Morgan fingerprint density at radius 3 is 2.68 bits per heavy atom. The standard InChI is InChI=1S/C14H14ClNO2S/c1-2-10-4-5-11(19-10)8-18-14(17)12-6-3-9(16)7-13(12)15/h3-7H,2,8,16H2,1H3. The fourth-order valence-electron chi connectivity index (χ4n) is 1.60. The number of nitrogens with two attached hydrogens (primary N) is 1. The van der Waals surface area contributed by atoms with E-state index in [2.05, 4.69) is 6.92 Å². The molecule has 0 aliphatic rings. The molecule has 2 rings (SSSR count). The van der Waals surface area contributed by atoms with E-state index in [-0.39, 0.29) is 6.61 Å². The Morgan fingerprint density at radius 1 is 1.32 bits per heavy atom.